The van der Waals surface area contributed by atoms with E-state index in [1.165, 1.54) is 18.2 Å². The number of ether oxygens (including phenoxy) is 2. The molecule has 0 aliphatic heterocycles. The number of methoxy groups -OCH3 is 1. The van der Waals surface area contributed by atoms with Gasteiger partial charge in [0.2, 0.25) is 0 Å². The molecule has 17 heavy (non-hydrogen) atoms. The number of halogens is 1. The van der Waals surface area contributed by atoms with E-state index < -0.39 is 16.6 Å². The fraction of sp³-hybridized carbons (Fsp3) is 0.455. The zero-order valence-corrected chi connectivity index (χ0v) is 10.5. The summed E-state index contributed by atoms with van der Waals surface area (Å²) in [6.07, 6.45) is 0. The summed E-state index contributed by atoms with van der Waals surface area (Å²) in [5.74, 6) is -0.0980. The smallest absolute Gasteiger partial charge is 0.125 e. The van der Waals surface area contributed by atoms with Crippen molar-refractivity contribution < 1.29 is 18.1 Å². The molecule has 96 valence electrons. The monoisotopic (exact) mass is 261 g/mol. The van der Waals surface area contributed by atoms with Gasteiger partial charge in [-0.05, 0) is 18.2 Å². The van der Waals surface area contributed by atoms with Gasteiger partial charge < -0.3 is 15.2 Å². The van der Waals surface area contributed by atoms with Crippen LogP contribution in [0.25, 0.3) is 0 Å². The number of nitrogens with two attached hydrogens (primary N) is 1. The van der Waals surface area contributed by atoms with Crippen LogP contribution < -0.4 is 5.73 Å². The van der Waals surface area contributed by atoms with Crippen LogP contribution in [0.1, 0.15) is 0 Å². The third-order valence-corrected chi connectivity index (χ3v) is 3.46. The van der Waals surface area contributed by atoms with Crippen molar-refractivity contribution in [1.82, 2.24) is 0 Å². The van der Waals surface area contributed by atoms with E-state index in [-0.39, 0.29) is 5.69 Å². The molecule has 4 nitrogen and oxygen atoms in total. The Morgan fingerprint density at radius 2 is 2.12 bits per heavy atom. The quantitative estimate of drug-likeness (QED) is 0.591. The van der Waals surface area contributed by atoms with E-state index in [1.54, 1.807) is 7.11 Å². The number of rotatable bonds is 7. The van der Waals surface area contributed by atoms with Crippen LogP contribution >= 0.6 is 0 Å². The van der Waals surface area contributed by atoms with Crippen molar-refractivity contribution in [1.29, 1.82) is 0 Å². The Balaban J connectivity index is 2.42. The summed E-state index contributed by atoms with van der Waals surface area (Å²) in [4.78, 5) is 0.446. The highest BCUT2D eigenvalue weighted by molar-refractivity contribution is 7.85. The molecular formula is C11H16FNO3S. The number of nitrogen functional groups attached to an aromatic ring is 1. The second-order valence-corrected chi connectivity index (χ2v) is 4.88. The van der Waals surface area contributed by atoms with Crippen LogP contribution in [0.5, 0.6) is 0 Å². The largest absolute Gasteiger partial charge is 0.398 e. The van der Waals surface area contributed by atoms with Crippen molar-refractivity contribution in [2.75, 3.05) is 38.4 Å². The van der Waals surface area contributed by atoms with Gasteiger partial charge in [-0.25, -0.2) is 4.39 Å². The molecular weight excluding hydrogens is 245 g/mol. The molecule has 0 bridgehead atoms. The van der Waals surface area contributed by atoms with Crippen LogP contribution in [-0.2, 0) is 20.3 Å². The van der Waals surface area contributed by atoms with Crippen LogP contribution in [0.3, 0.4) is 0 Å². The predicted octanol–water partition coefficient (Wildman–Crippen LogP) is 1.18. The summed E-state index contributed by atoms with van der Waals surface area (Å²) in [7, 11) is 0.318. The fourth-order valence-corrected chi connectivity index (χ4v) is 2.25. The van der Waals surface area contributed by atoms with Crippen molar-refractivity contribution in [3.8, 4) is 0 Å². The summed E-state index contributed by atoms with van der Waals surface area (Å²) in [6, 6.07) is 3.85. The lowest BCUT2D eigenvalue weighted by atomic mass is 10.3. The molecule has 1 aromatic rings. The summed E-state index contributed by atoms with van der Waals surface area (Å²) >= 11 is 0. The van der Waals surface area contributed by atoms with Gasteiger partial charge >= 0.3 is 0 Å². The van der Waals surface area contributed by atoms with E-state index in [0.29, 0.717) is 30.5 Å². The van der Waals surface area contributed by atoms with Gasteiger partial charge in [0.25, 0.3) is 0 Å². The van der Waals surface area contributed by atoms with Gasteiger partial charge in [0.15, 0.2) is 0 Å². The maximum atomic E-state index is 12.8. The Hall–Kier alpha value is -0.980. The first-order valence-corrected chi connectivity index (χ1v) is 6.47. The average molecular weight is 261 g/mol. The van der Waals surface area contributed by atoms with Crippen molar-refractivity contribution in [2.24, 2.45) is 0 Å². The highest BCUT2D eigenvalue weighted by Gasteiger charge is 2.08. The van der Waals surface area contributed by atoms with Crippen molar-refractivity contribution >= 4 is 16.5 Å². The molecule has 0 saturated carbocycles. The lowest BCUT2D eigenvalue weighted by Crippen LogP contribution is -2.10. The standard InChI is InChI=1S/C11H16FNO3S/c1-15-4-5-16-6-7-17(14)11-3-2-9(12)8-10(11)13/h2-3,8H,4-7,13H2,1H3. The highest BCUT2D eigenvalue weighted by atomic mass is 32.2. The highest BCUT2D eigenvalue weighted by Crippen LogP contribution is 2.17. The van der Waals surface area contributed by atoms with E-state index in [1.807, 2.05) is 0 Å². The Kier molecular flexibility index (Phi) is 6.10. The van der Waals surface area contributed by atoms with Gasteiger partial charge in [0.05, 0.1) is 47.0 Å². The number of anilines is 1. The van der Waals surface area contributed by atoms with Crippen LogP contribution in [0, 0.1) is 5.82 Å². The molecule has 1 rings (SSSR count). The lowest BCUT2D eigenvalue weighted by molar-refractivity contribution is 0.0787. The number of benzene rings is 1. The van der Waals surface area contributed by atoms with Gasteiger partial charge in [-0.2, -0.15) is 0 Å². The van der Waals surface area contributed by atoms with E-state index in [2.05, 4.69) is 0 Å². The van der Waals surface area contributed by atoms with Gasteiger partial charge in [-0.15, -0.1) is 0 Å². The molecule has 0 radical (unpaired) electrons. The molecule has 2 N–H and O–H groups in total. The Morgan fingerprint density at radius 3 is 2.76 bits per heavy atom. The maximum Gasteiger partial charge on any atom is 0.125 e. The minimum atomic E-state index is -1.27. The maximum absolute atomic E-state index is 12.8. The van der Waals surface area contributed by atoms with Crippen molar-refractivity contribution in [2.45, 2.75) is 4.90 Å². The third-order valence-electron chi connectivity index (χ3n) is 2.06. The second-order valence-electron chi connectivity index (χ2n) is 3.34. The molecule has 6 heteroatoms. The van der Waals surface area contributed by atoms with Gasteiger partial charge in [-0.3, -0.25) is 4.21 Å². The molecule has 0 aliphatic rings. The van der Waals surface area contributed by atoms with Crippen LogP contribution in [0.4, 0.5) is 10.1 Å². The molecule has 0 aliphatic carbocycles. The molecule has 0 spiro atoms. The zero-order valence-electron chi connectivity index (χ0n) is 9.65. The van der Waals surface area contributed by atoms with Crippen LogP contribution in [0.2, 0.25) is 0 Å². The summed E-state index contributed by atoms with van der Waals surface area (Å²) in [5, 5.41) is 0. The summed E-state index contributed by atoms with van der Waals surface area (Å²) in [5.41, 5.74) is 5.79. The van der Waals surface area contributed by atoms with Crippen molar-refractivity contribution in [3.63, 3.8) is 0 Å². The van der Waals surface area contributed by atoms with Crippen LogP contribution in [-0.4, -0.2) is 36.9 Å². The molecule has 0 amide bonds. The molecule has 1 atom stereocenters. The first-order chi connectivity index (χ1) is 8.15. The Bertz CT molecular complexity index is 387. The number of hydrogen-bond donors (Lipinski definition) is 1. The third kappa shape index (κ3) is 4.80. The topological polar surface area (TPSA) is 61.5 Å². The SMILES string of the molecule is COCCOCCS(=O)c1ccc(F)cc1N. The second kappa shape index (κ2) is 7.37. The Labute approximate surface area is 102 Å². The van der Waals surface area contributed by atoms with Gasteiger partial charge in [-0.1, -0.05) is 0 Å². The molecule has 1 aromatic carbocycles. The Morgan fingerprint density at radius 1 is 1.35 bits per heavy atom. The van der Waals surface area contributed by atoms with E-state index in [4.69, 9.17) is 15.2 Å². The summed E-state index contributed by atoms with van der Waals surface area (Å²) in [6.45, 7) is 1.32. The lowest BCUT2D eigenvalue weighted by Gasteiger charge is -2.06. The van der Waals surface area contributed by atoms with Gasteiger partial charge in [0.1, 0.15) is 5.82 Å². The van der Waals surface area contributed by atoms with E-state index in [0.717, 1.165) is 0 Å². The van der Waals surface area contributed by atoms with Crippen LogP contribution in [0.15, 0.2) is 23.1 Å². The molecule has 1 unspecified atom stereocenters. The normalized spacial score (nSPS) is 12.6. The zero-order chi connectivity index (χ0) is 12.7. The fourth-order valence-electron chi connectivity index (χ4n) is 1.22. The minimum Gasteiger partial charge on any atom is -0.398 e. The van der Waals surface area contributed by atoms with Crippen molar-refractivity contribution in [3.05, 3.63) is 24.0 Å². The molecule has 0 saturated heterocycles. The molecule has 0 heterocycles. The molecule has 0 fully saturated rings. The van der Waals surface area contributed by atoms with Gasteiger partial charge in [0, 0.05) is 7.11 Å². The predicted molar refractivity (Wildman–Crippen MR) is 64.8 cm³/mol. The summed E-state index contributed by atoms with van der Waals surface area (Å²) < 4.78 is 34.6. The molecule has 0 aromatic heterocycles. The minimum absolute atomic E-state index is 0.209. The number of hydrogen-bond acceptors (Lipinski definition) is 4. The van der Waals surface area contributed by atoms with E-state index in [9.17, 15) is 8.60 Å². The first kappa shape index (κ1) is 14.1. The first-order valence-electron chi connectivity index (χ1n) is 5.15. The average Bonchev–Trinajstić information content (AvgIpc) is 2.28. The van der Waals surface area contributed by atoms with E-state index >= 15 is 0 Å².